The molecule has 0 atom stereocenters. The lowest BCUT2D eigenvalue weighted by Gasteiger charge is -2.22. The summed E-state index contributed by atoms with van der Waals surface area (Å²) in [5, 5.41) is 12.2. The van der Waals surface area contributed by atoms with Gasteiger partial charge in [-0.1, -0.05) is 54.2 Å². The van der Waals surface area contributed by atoms with Crippen LogP contribution in [0.25, 0.3) is 10.6 Å². The molecule has 3 rings (SSSR count). The number of halogens is 1. The van der Waals surface area contributed by atoms with E-state index < -0.39 is 0 Å². The smallest absolute Gasteiger partial charge is 0.255 e. The van der Waals surface area contributed by atoms with Crippen molar-refractivity contribution < 1.29 is 9.59 Å². The molecule has 0 saturated carbocycles. The van der Waals surface area contributed by atoms with Crippen molar-refractivity contribution in [1.29, 1.82) is 0 Å². The SMILES string of the molecule is CCCN(CCC(=O)Nc1nnc(-c2cccc(C)c2)s1)C(=O)c1ccccc1Br. The minimum atomic E-state index is -0.192. The van der Waals surface area contributed by atoms with Crippen molar-refractivity contribution in [2.75, 3.05) is 18.4 Å². The summed E-state index contributed by atoms with van der Waals surface area (Å²) < 4.78 is 0.748. The summed E-state index contributed by atoms with van der Waals surface area (Å²) in [6, 6.07) is 15.3. The molecule has 30 heavy (non-hydrogen) atoms. The number of hydrogen-bond donors (Lipinski definition) is 1. The van der Waals surface area contributed by atoms with Gasteiger partial charge in [-0.05, 0) is 47.5 Å². The number of anilines is 1. The first-order valence-electron chi connectivity index (χ1n) is 9.72. The molecule has 1 aromatic heterocycles. The third-order valence-corrected chi connectivity index (χ3v) is 6.01. The van der Waals surface area contributed by atoms with Crippen LogP contribution in [0.1, 0.15) is 35.7 Å². The van der Waals surface area contributed by atoms with E-state index in [-0.39, 0.29) is 18.2 Å². The maximum atomic E-state index is 12.9. The van der Waals surface area contributed by atoms with E-state index in [4.69, 9.17) is 0 Å². The number of carbonyl (C=O) groups excluding carboxylic acids is 2. The van der Waals surface area contributed by atoms with Crippen molar-refractivity contribution in [2.45, 2.75) is 26.7 Å². The molecule has 0 spiro atoms. The average molecular weight is 487 g/mol. The number of nitrogens with one attached hydrogen (secondary N) is 1. The molecule has 1 heterocycles. The molecule has 2 amide bonds. The van der Waals surface area contributed by atoms with Gasteiger partial charge in [-0.15, -0.1) is 10.2 Å². The van der Waals surface area contributed by atoms with Crippen LogP contribution in [0.3, 0.4) is 0 Å². The van der Waals surface area contributed by atoms with E-state index in [2.05, 4.69) is 31.4 Å². The fourth-order valence-electron chi connectivity index (χ4n) is 2.98. The normalized spacial score (nSPS) is 10.6. The van der Waals surface area contributed by atoms with Crippen molar-refractivity contribution in [3.63, 3.8) is 0 Å². The Labute approximate surface area is 188 Å². The highest BCUT2D eigenvalue weighted by Gasteiger charge is 2.19. The van der Waals surface area contributed by atoms with E-state index in [9.17, 15) is 9.59 Å². The van der Waals surface area contributed by atoms with Crippen LogP contribution < -0.4 is 5.32 Å². The van der Waals surface area contributed by atoms with Gasteiger partial charge in [0.1, 0.15) is 5.01 Å². The molecular formula is C22H23BrN4O2S. The van der Waals surface area contributed by atoms with E-state index in [1.54, 1.807) is 11.0 Å². The number of aromatic nitrogens is 2. The Balaban J connectivity index is 1.60. The molecule has 0 aliphatic rings. The Morgan fingerprint density at radius 1 is 1.10 bits per heavy atom. The largest absolute Gasteiger partial charge is 0.338 e. The number of aryl methyl sites for hydroxylation is 1. The van der Waals surface area contributed by atoms with Crippen molar-refractivity contribution in [1.82, 2.24) is 15.1 Å². The van der Waals surface area contributed by atoms with Crippen LogP contribution in [0.4, 0.5) is 5.13 Å². The summed E-state index contributed by atoms with van der Waals surface area (Å²) in [6.07, 6.45) is 1.00. The number of rotatable bonds is 8. The maximum absolute atomic E-state index is 12.9. The highest BCUT2D eigenvalue weighted by Crippen LogP contribution is 2.27. The predicted octanol–water partition coefficient (Wildman–Crippen LogP) is 5.16. The first-order chi connectivity index (χ1) is 14.5. The van der Waals surface area contributed by atoms with Crippen LogP contribution in [-0.4, -0.2) is 40.0 Å². The Morgan fingerprint density at radius 3 is 2.63 bits per heavy atom. The first-order valence-corrected chi connectivity index (χ1v) is 11.3. The highest BCUT2D eigenvalue weighted by molar-refractivity contribution is 9.10. The molecule has 0 bridgehead atoms. The second kappa shape index (κ2) is 10.4. The second-order valence-electron chi connectivity index (χ2n) is 6.85. The van der Waals surface area contributed by atoms with E-state index in [1.807, 2.05) is 56.3 Å². The van der Waals surface area contributed by atoms with Crippen molar-refractivity contribution in [3.05, 3.63) is 64.1 Å². The minimum absolute atomic E-state index is 0.0882. The second-order valence-corrected chi connectivity index (χ2v) is 8.68. The third kappa shape index (κ3) is 5.73. The van der Waals surface area contributed by atoms with Crippen LogP contribution in [0, 0.1) is 6.92 Å². The highest BCUT2D eigenvalue weighted by atomic mass is 79.9. The fourth-order valence-corrected chi connectivity index (χ4v) is 4.19. The van der Waals surface area contributed by atoms with Crippen molar-refractivity contribution in [2.24, 2.45) is 0 Å². The number of nitrogens with zero attached hydrogens (tertiary/aromatic N) is 3. The summed E-state index contributed by atoms with van der Waals surface area (Å²) in [7, 11) is 0. The Hall–Kier alpha value is -2.58. The van der Waals surface area contributed by atoms with Crippen LogP contribution in [-0.2, 0) is 4.79 Å². The number of carbonyl (C=O) groups is 2. The Kier molecular flexibility index (Phi) is 7.70. The summed E-state index contributed by atoms with van der Waals surface area (Å²) in [5.41, 5.74) is 2.71. The maximum Gasteiger partial charge on any atom is 0.255 e. The van der Waals surface area contributed by atoms with E-state index in [0.717, 1.165) is 27.0 Å². The first kappa shape index (κ1) is 22.1. The van der Waals surface area contributed by atoms with Gasteiger partial charge in [0.2, 0.25) is 11.0 Å². The zero-order chi connectivity index (χ0) is 21.5. The molecule has 0 aliphatic heterocycles. The summed E-state index contributed by atoms with van der Waals surface area (Å²) in [6.45, 7) is 4.95. The zero-order valence-corrected chi connectivity index (χ0v) is 19.3. The molecular weight excluding hydrogens is 464 g/mol. The fraction of sp³-hybridized carbons (Fsp3) is 0.273. The number of hydrogen-bond acceptors (Lipinski definition) is 5. The van der Waals surface area contributed by atoms with Crippen molar-refractivity contribution >= 4 is 44.2 Å². The van der Waals surface area contributed by atoms with Crippen LogP contribution in [0.2, 0.25) is 0 Å². The van der Waals surface area contributed by atoms with Crippen LogP contribution in [0.5, 0.6) is 0 Å². The minimum Gasteiger partial charge on any atom is -0.338 e. The average Bonchev–Trinajstić information content (AvgIpc) is 3.19. The number of amides is 2. The topological polar surface area (TPSA) is 75.2 Å². The van der Waals surface area contributed by atoms with Gasteiger partial charge in [-0.2, -0.15) is 0 Å². The molecule has 8 heteroatoms. The zero-order valence-electron chi connectivity index (χ0n) is 16.9. The van der Waals surface area contributed by atoms with E-state index in [0.29, 0.717) is 23.8 Å². The Bertz CT molecular complexity index is 1040. The van der Waals surface area contributed by atoms with Gasteiger partial charge in [0.05, 0.1) is 5.56 Å². The molecule has 1 N–H and O–H groups in total. The summed E-state index contributed by atoms with van der Waals surface area (Å²) in [5.74, 6) is -0.280. The van der Waals surface area contributed by atoms with Gasteiger partial charge in [0, 0.05) is 29.5 Å². The molecule has 156 valence electrons. The summed E-state index contributed by atoms with van der Waals surface area (Å²) >= 11 is 4.76. The quantitative estimate of drug-likeness (QED) is 0.477. The standard InChI is InChI=1S/C22H23BrN4O2S/c1-3-12-27(21(29)17-9-4-5-10-18(17)23)13-11-19(28)24-22-26-25-20(30-22)16-8-6-7-15(2)14-16/h4-10,14H,3,11-13H2,1-2H3,(H,24,26,28). The number of benzene rings is 2. The van der Waals surface area contributed by atoms with Crippen LogP contribution in [0.15, 0.2) is 53.0 Å². The van der Waals surface area contributed by atoms with Gasteiger partial charge < -0.3 is 10.2 Å². The van der Waals surface area contributed by atoms with Gasteiger partial charge in [0.15, 0.2) is 0 Å². The van der Waals surface area contributed by atoms with Gasteiger partial charge in [-0.3, -0.25) is 9.59 Å². The lowest BCUT2D eigenvalue weighted by Crippen LogP contribution is -2.34. The molecule has 0 saturated heterocycles. The summed E-state index contributed by atoms with van der Waals surface area (Å²) in [4.78, 5) is 27.0. The molecule has 0 radical (unpaired) electrons. The molecule has 3 aromatic rings. The monoisotopic (exact) mass is 486 g/mol. The molecule has 2 aromatic carbocycles. The molecule has 0 aliphatic carbocycles. The Morgan fingerprint density at radius 2 is 1.90 bits per heavy atom. The van der Waals surface area contributed by atoms with Gasteiger partial charge in [-0.25, -0.2) is 0 Å². The van der Waals surface area contributed by atoms with E-state index in [1.165, 1.54) is 11.3 Å². The third-order valence-electron chi connectivity index (χ3n) is 4.43. The molecule has 6 nitrogen and oxygen atoms in total. The predicted molar refractivity (Wildman–Crippen MR) is 124 cm³/mol. The lowest BCUT2D eigenvalue weighted by atomic mass is 10.1. The van der Waals surface area contributed by atoms with Crippen molar-refractivity contribution in [3.8, 4) is 10.6 Å². The molecule has 0 fully saturated rings. The van der Waals surface area contributed by atoms with Gasteiger partial charge in [0.25, 0.3) is 5.91 Å². The van der Waals surface area contributed by atoms with Crippen LogP contribution >= 0.6 is 27.3 Å². The van der Waals surface area contributed by atoms with Gasteiger partial charge >= 0.3 is 0 Å². The lowest BCUT2D eigenvalue weighted by molar-refractivity contribution is -0.116. The molecule has 0 unspecified atom stereocenters. The van der Waals surface area contributed by atoms with E-state index >= 15 is 0 Å².